The number of anilines is 1. The summed E-state index contributed by atoms with van der Waals surface area (Å²) in [6, 6.07) is 9.78. The first-order valence-corrected chi connectivity index (χ1v) is 7.72. The van der Waals surface area contributed by atoms with Crippen molar-refractivity contribution in [2.45, 2.75) is 0 Å². The van der Waals surface area contributed by atoms with Gasteiger partial charge in [-0.1, -0.05) is 18.2 Å². The van der Waals surface area contributed by atoms with Crippen molar-refractivity contribution >= 4 is 23.5 Å². The summed E-state index contributed by atoms with van der Waals surface area (Å²) in [5.74, 6) is 2.02. The predicted octanol–water partition coefficient (Wildman–Crippen LogP) is 2.45. The summed E-state index contributed by atoms with van der Waals surface area (Å²) in [6.07, 6.45) is 3.50. The minimum Gasteiger partial charge on any atom is -0.323 e. The summed E-state index contributed by atoms with van der Waals surface area (Å²) in [5.41, 5.74) is 1.69. The van der Waals surface area contributed by atoms with Gasteiger partial charge in [0.15, 0.2) is 0 Å². The number of hydrogen-bond acceptors (Lipinski definition) is 3. The van der Waals surface area contributed by atoms with Gasteiger partial charge in [-0.25, -0.2) is 9.48 Å². The van der Waals surface area contributed by atoms with Gasteiger partial charge in [-0.2, -0.15) is 16.9 Å². The topological polar surface area (TPSA) is 50.2 Å². The van der Waals surface area contributed by atoms with E-state index < -0.39 is 0 Å². The zero-order chi connectivity index (χ0) is 13.8. The highest BCUT2D eigenvalue weighted by molar-refractivity contribution is 7.99. The summed E-state index contributed by atoms with van der Waals surface area (Å²) >= 11 is 1.89. The van der Waals surface area contributed by atoms with Crippen molar-refractivity contribution in [3.05, 3.63) is 42.7 Å². The molecule has 20 heavy (non-hydrogen) atoms. The number of hydrogen-bond donors (Lipinski definition) is 1. The molecule has 0 atom stereocenters. The van der Waals surface area contributed by atoms with Crippen molar-refractivity contribution in [3.63, 3.8) is 0 Å². The second-order valence-corrected chi connectivity index (χ2v) is 5.76. The molecule has 2 heterocycles. The number of rotatable bonds is 2. The molecule has 1 aliphatic rings. The standard InChI is InChI=1S/C14H16N4OS/c19-14(17-6-8-20-9-7-17)16-12-10-15-18(11-12)13-4-2-1-3-5-13/h1-5,10-11H,6-9H2,(H,16,19). The van der Waals surface area contributed by atoms with E-state index in [1.165, 1.54) is 0 Å². The van der Waals surface area contributed by atoms with E-state index in [-0.39, 0.29) is 6.03 Å². The number of nitrogens with zero attached hydrogens (tertiary/aromatic N) is 3. The maximum atomic E-state index is 12.1. The lowest BCUT2D eigenvalue weighted by molar-refractivity contribution is 0.217. The van der Waals surface area contributed by atoms with Gasteiger partial charge < -0.3 is 10.2 Å². The van der Waals surface area contributed by atoms with Crippen LogP contribution in [0.3, 0.4) is 0 Å². The van der Waals surface area contributed by atoms with Gasteiger partial charge in [0.05, 0.1) is 23.8 Å². The Morgan fingerprint density at radius 1 is 1.20 bits per heavy atom. The Hall–Kier alpha value is -1.95. The number of amides is 2. The summed E-state index contributed by atoms with van der Waals surface area (Å²) < 4.78 is 1.75. The van der Waals surface area contributed by atoms with Crippen molar-refractivity contribution in [2.75, 3.05) is 29.9 Å². The van der Waals surface area contributed by atoms with Gasteiger partial charge in [0.2, 0.25) is 0 Å². The molecule has 5 nitrogen and oxygen atoms in total. The lowest BCUT2D eigenvalue weighted by Crippen LogP contribution is -2.40. The first kappa shape index (κ1) is 13.1. The molecule has 0 unspecified atom stereocenters. The number of para-hydroxylation sites is 1. The van der Waals surface area contributed by atoms with E-state index in [1.54, 1.807) is 10.9 Å². The number of thioether (sulfide) groups is 1. The normalized spacial score (nSPS) is 15.1. The zero-order valence-corrected chi connectivity index (χ0v) is 11.8. The van der Waals surface area contributed by atoms with Crippen molar-refractivity contribution in [1.29, 1.82) is 0 Å². The molecule has 0 aliphatic carbocycles. The fourth-order valence-corrected chi connectivity index (χ4v) is 2.98. The fourth-order valence-electron chi connectivity index (χ4n) is 2.08. The van der Waals surface area contributed by atoms with Gasteiger partial charge in [0, 0.05) is 24.6 Å². The lowest BCUT2D eigenvalue weighted by atomic mass is 10.3. The maximum absolute atomic E-state index is 12.1. The third kappa shape index (κ3) is 2.96. The Morgan fingerprint density at radius 3 is 2.70 bits per heavy atom. The average Bonchev–Trinajstić information content (AvgIpc) is 2.97. The third-order valence-corrected chi connectivity index (χ3v) is 4.10. The highest BCUT2D eigenvalue weighted by atomic mass is 32.2. The molecular formula is C14H16N4OS. The molecule has 1 aromatic carbocycles. The van der Waals surface area contributed by atoms with Gasteiger partial charge in [0.1, 0.15) is 0 Å². The van der Waals surface area contributed by atoms with Crippen molar-refractivity contribution < 1.29 is 4.79 Å². The number of benzene rings is 1. The number of urea groups is 1. The van der Waals surface area contributed by atoms with Gasteiger partial charge in [-0.05, 0) is 12.1 Å². The molecule has 0 radical (unpaired) electrons. The Bertz CT molecular complexity index is 578. The zero-order valence-electron chi connectivity index (χ0n) is 11.0. The average molecular weight is 288 g/mol. The van der Waals surface area contributed by atoms with Gasteiger partial charge in [-0.3, -0.25) is 0 Å². The van der Waals surface area contributed by atoms with Gasteiger partial charge in [0.25, 0.3) is 0 Å². The van der Waals surface area contributed by atoms with E-state index in [4.69, 9.17) is 0 Å². The Morgan fingerprint density at radius 2 is 1.95 bits per heavy atom. The van der Waals surface area contributed by atoms with Crippen LogP contribution in [0.4, 0.5) is 10.5 Å². The molecule has 2 aromatic rings. The molecular weight excluding hydrogens is 272 g/mol. The van der Waals surface area contributed by atoms with Crippen LogP contribution in [0.2, 0.25) is 0 Å². The van der Waals surface area contributed by atoms with Gasteiger partial charge in [-0.15, -0.1) is 0 Å². The maximum Gasteiger partial charge on any atom is 0.321 e. The van der Waals surface area contributed by atoms with E-state index in [0.717, 1.165) is 36.0 Å². The minimum absolute atomic E-state index is 0.0436. The van der Waals surface area contributed by atoms with Crippen molar-refractivity contribution in [3.8, 4) is 5.69 Å². The Kier molecular flexibility index (Phi) is 3.92. The number of carbonyl (C=O) groups is 1. The van der Waals surface area contributed by atoms with Crippen LogP contribution in [-0.2, 0) is 0 Å². The second-order valence-electron chi connectivity index (χ2n) is 4.54. The monoisotopic (exact) mass is 288 g/mol. The molecule has 2 amide bonds. The predicted molar refractivity (Wildman–Crippen MR) is 81.5 cm³/mol. The van der Waals surface area contributed by atoms with Crippen LogP contribution in [0.1, 0.15) is 0 Å². The largest absolute Gasteiger partial charge is 0.323 e. The molecule has 0 saturated carbocycles. The fraction of sp³-hybridized carbons (Fsp3) is 0.286. The van der Waals surface area contributed by atoms with Crippen LogP contribution in [0.15, 0.2) is 42.7 Å². The summed E-state index contributed by atoms with van der Waals surface area (Å²) in [6.45, 7) is 1.62. The quantitative estimate of drug-likeness (QED) is 0.923. The number of aromatic nitrogens is 2. The molecule has 104 valence electrons. The van der Waals surface area contributed by atoms with Crippen LogP contribution in [-0.4, -0.2) is 45.3 Å². The molecule has 0 bridgehead atoms. The van der Waals surface area contributed by atoms with E-state index >= 15 is 0 Å². The van der Waals surface area contributed by atoms with Crippen LogP contribution in [0.25, 0.3) is 5.69 Å². The molecule has 1 fully saturated rings. The molecule has 0 spiro atoms. The van der Waals surface area contributed by atoms with E-state index in [0.29, 0.717) is 0 Å². The summed E-state index contributed by atoms with van der Waals surface area (Å²) in [4.78, 5) is 13.9. The number of nitrogens with one attached hydrogen (secondary N) is 1. The van der Waals surface area contributed by atoms with E-state index in [9.17, 15) is 4.79 Å². The second kappa shape index (κ2) is 6.00. The minimum atomic E-state index is -0.0436. The van der Waals surface area contributed by atoms with Crippen LogP contribution < -0.4 is 5.32 Å². The highest BCUT2D eigenvalue weighted by Gasteiger charge is 2.17. The molecule has 1 aromatic heterocycles. The van der Waals surface area contributed by atoms with Gasteiger partial charge >= 0.3 is 6.03 Å². The smallest absolute Gasteiger partial charge is 0.321 e. The third-order valence-electron chi connectivity index (χ3n) is 3.15. The molecule has 6 heteroatoms. The molecule has 1 N–H and O–H groups in total. The van der Waals surface area contributed by atoms with E-state index in [2.05, 4.69) is 10.4 Å². The van der Waals surface area contributed by atoms with Crippen LogP contribution >= 0.6 is 11.8 Å². The summed E-state index contributed by atoms with van der Waals surface area (Å²) in [5, 5.41) is 7.16. The van der Waals surface area contributed by atoms with Crippen LogP contribution in [0, 0.1) is 0 Å². The highest BCUT2D eigenvalue weighted by Crippen LogP contribution is 2.14. The summed E-state index contributed by atoms with van der Waals surface area (Å²) in [7, 11) is 0. The molecule has 3 rings (SSSR count). The SMILES string of the molecule is O=C(Nc1cnn(-c2ccccc2)c1)N1CCSCC1. The number of carbonyl (C=O) groups excluding carboxylic acids is 1. The first-order valence-electron chi connectivity index (χ1n) is 6.57. The molecule has 1 saturated heterocycles. The molecule has 1 aliphatic heterocycles. The van der Waals surface area contributed by atoms with Crippen molar-refractivity contribution in [2.24, 2.45) is 0 Å². The van der Waals surface area contributed by atoms with E-state index in [1.807, 2.05) is 53.2 Å². The Balaban J connectivity index is 1.66. The lowest BCUT2D eigenvalue weighted by Gasteiger charge is -2.26. The Labute approximate surface area is 122 Å². The van der Waals surface area contributed by atoms with Crippen LogP contribution in [0.5, 0.6) is 0 Å². The van der Waals surface area contributed by atoms with Crippen molar-refractivity contribution in [1.82, 2.24) is 14.7 Å². The first-order chi connectivity index (χ1) is 9.83.